The summed E-state index contributed by atoms with van der Waals surface area (Å²) in [6.45, 7) is 4.35. The highest BCUT2D eigenvalue weighted by atomic mass is 16.5. The van der Waals surface area contributed by atoms with Crippen molar-refractivity contribution in [2.45, 2.75) is 32.5 Å². The number of rotatable bonds is 7. The van der Waals surface area contributed by atoms with E-state index in [0.717, 1.165) is 23.5 Å². The largest absolute Gasteiger partial charge is 0.497 e. The van der Waals surface area contributed by atoms with Crippen LogP contribution in [0.5, 0.6) is 0 Å². The van der Waals surface area contributed by atoms with Crippen LogP contribution in [0, 0.1) is 5.92 Å². The second-order valence-electron chi connectivity index (χ2n) is 6.60. The highest BCUT2D eigenvalue weighted by molar-refractivity contribution is 5.41. The minimum Gasteiger partial charge on any atom is -0.497 e. The molecule has 25 heavy (non-hydrogen) atoms. The van der Waals surface area contributed by atoms with Gasteiger partial charge in [0.05, 0.1) is 12.8 Å². The number of nitrogens with two attached hydrogens (primary N) is 1. The van der Waals surface area contributed by atoms with Gasteiger partial charge in [0.2, 0.25) is 0 Å². The highest BCUT2D eigenvalue weighted by Gasteiger charge is 2.27. The average molecular weight is 345 g/mol. The van der Waals surface area contributed by atoms with Crippen molar-refractivity contribution < 1.29 is 4.74 Å². The van der Waals surface area contributed by atoms with Crippen LogP contribution in [0.4, 0.5) is 0 Å². The van der Waals surface area contributed by atoms with E-state index in [1.807, 2.05) is 25.5 Å². The Morgan fingerprint density at radius 2 is 2.12 bits per heavy atom. The first-order valence-corrected chi connectivity index (χ1v) is 8.68. The van der Waals surface area contributed by atoms with Gasteiger partial charge in [0, 0.05) is 24.0 Å². The fourth-order valence-corrected chi connectivity index (χ4v) is 2.96. The Bertz CT molecular complexity index is 615. The van der Waals surface area contributed by atoms with Gasteiger partial charge in [-0.2, -0.15) is 0 Å². The predicted molar refractivity (Wildman–Crippen MR) is 103 cm³/mol. The lowest BCUT2D eigenvalue weighted by Crippen LogP contribution is -2.53. The third-order valence-electron chi connectivity index (χ3n) is 4.60. The molecule has 0 saturated heterocycles. The van der Waals surface area contributed by atoms with Gasteiger partial charge in [0.25, 0.3) is 0 Å². The first-order chi connectivity index (χ1) is 12.0. The fourth-order valence-electron chi connectivity index (χ4n) is 2.96. The molecule has 1 aliphatic carbocycles. The van der Waals surface area contributed by atoms with Gasteiger partial charge in [-0.25, -0.2) is 5.43 Å². The molecule has 0 spiro atoms. The second kappa shape index (κ2) is 8.89. The van der Waals surface area contributed by atoms with E-state index < -0.39 is 0 Å². The molecule has 0 fully saturated rings. The number of allylic oxidation sites excluding steroid dienone is 3. The molecule has 6 nitrogen and oxygen atoms in total. The third kappa shape index (κ3) is 4.75. The van der Waals surface area contributed by atoms with E-state index in [2.05, 4.69) is 60.2 Å². The highest BCUT2D eigenvalue weighted by Crippen LogP contribution is 2.24. The molecule has 138 valence electrons. The molecule has 2 aliphatic rings. The van der Waals surface area contributed by atoms with Gasteiger partial charge in [-0.3, -0.25) is 10.3 Å². The number of hydrogen-bond acceptors (Lipinski definition) is 6. The molecule has 2 unspecified atom stereocenters. The Hall–Kier alpha value is -2.02. The molecule has 0 amide bonds. The summed E-state index contributed by atoms with van der Waals surface area (Å²) in [5.74, 6) is 1.31. The van der Waals surface area contributed by atoms with Crippen LogP contribution in [0.2, 0.25) is 0 Å². The van der Waals surface area contributed by atoms with E-state index in [1.165, 1.54) is 5.57 Å². The monoisotopic (exact) mass is 345 g/mol. The van der Waals surface area contributed by atoms with Gasteiger partial charge in [-0.05, 0) is 50.2 Å². The van der Waals surface area contributed by atoms with Crippen LogP contribution >= 0.6 is 0 Å². The van der Waals surface area contributed by atoms with Crippen LogP contribution in [0.1, 0.15) is 20.3 Å². The predicted octanol–water partition coefficient (Wildman–Crippen LogP) is 1.70. The lowest BCUT2D eigenvalue weighted by Gasteiger charge is -2.36. The van der Waals surface area contributed by atoms with Gasteiger partial charge in [0.15, 0.2) is 0 Å². The van der Waals surface area contributed by atoms with E-state index in [1.54, 1.807) is 7.11 Å². The number of hydrazine groups is 1. The molecule has 1 heterocycles. The van der Waals surface area contributed by atoms with Crippen molar-refractivity contribution in [3.63, 3.8) is 0 Å². The quantitative estimate of drug-likeness (QED) is 0.416. The lowest BCUT2D eigenvalue weighted by atomic mass is 9.98. The number of nitrogens with zero attached hydrogens (tertiary/aromatic N) is 1. The van der Waals surface area contributed by atoms with E-state index in [9.17, 15) is 0 Å². The summed E-state index contributed by atoms with van der Waals surface area (Å²) in [6.07, 6.45) is 13.1. The van der Waals surface area contributed by atoms with Crippen LogP contribution in [0.15, 0.2) is 59.3 Å². The molecule has 2 atom stereocenters. The number of hydrogen-bond donors (Lipinski definition) is 4. The number of ether oxygens (including phenoxy) is 1. The zero-order valence-corrected chi connectivity index (χ0v) is 15.8. The Morgan fingerprint density at radius 3 is 2.68 bits per heavy atom. The van der Waals surface area contributed by atoms with Crippen LogP contribution in [0.25, 0.3) is 0 Å². The smallest absolute Gasteiger partial charge is 0.114 e. The zero-order valence-electron chi connectivity index (χ0n) is 15.8. The van der Waals surface area contributed by atoms with Gasteiger partial charge < -0.3 is 15.8 Å². The average Bonchev–Trinajstić information content (AvgIpc) is 2.81. The van der Waals surface area contributed by atoms with E-state index in [4.69, 9.17) is 10.5 Å². The Balaban J connectivity index is 2.28. The van der Waals surface area contributed by atoms with Crippen molar-refractivity contribution in [3.05, 3.63) is 59.3 Å². The van der Waals surface area contributed by atoms with Gasteiger partial charge in [0.1, 0.15) is 11.9 Å². The summed E-state index contributed by atoms with van der Waals surface area (Å²) in [5, 5.41) is 3.18. The summed E-state index contributed by atoms with van der Waals surface area (Å²) >= 11 is 0. The molecular weight excluding hydrogens is 314 g/mol. The standard InChI is InChI=1S/C19H31N5O/c1-13(2)14-10-17(18(20)12-22-11-14)19(23-21-3)24(4)15-6-8-16(25-5)9-7-15/h6,8-13,15,19,21-23H,7,20H2,1-5H3. The summed E-state index contributed by atoms with van der Waals surface area (Å²) < 4.78 is 5.29. The normalized spacial score (nSPS) is 21.8. The Labute approximate surface area is 151 Å². The molecule has 5 N–H and O–H groups in total. The molecule has 1 aliphatic heterocycles. The maximum absolute atomic E-state index is 6.34. The summed E-state index contributed by atoms with van der Waals surface area (Å²) in [4.78, 5) is 2.27. The van der Waals surface area contributed by atoms with Crippen molar-refractivity contribution >= 4 is 0 Å². The number of methoxy groups -OCH3 is 1. The Morgan fingerprint density at radius 1 is 1.36 bits per heavy atom. The Kier molecular flexibility index (Phi) is 6.87. The third-order valence-corrected chi connectivity index (χ3v) is 4.60. The van der Waals surface area contributed by atoms with Crippen molar-refractivity contribution in [2.75, 3.05) is 21.2 Å². The van der Waals surface area contributed by atoms with Gasteiger partial charge in [-0.1, -0.05) is 19.9 Å². The first-order valence-electron chi connectivity index (χ1n) is 8.68. The van der Waals surface area contributed by atoms with Crippen molar-refractivity contribution in [1.82, 2.24) is 21.1 Å². The van der Waals surface area contributed by atoms with Crippen molar-refractivity contribution in [2.24, 2.45) is 11.7 Å². The second-order valence-corrected chi connectivity index (χ2v) is 6.60. The fraction of sp³-hybridized carbons (Fsp3) is 0.474. The molecule has 0 saturated carbocycles. The van der Waals surface area contributed by atoms with Crippen LogP contribution < -0.4 is 21.9 Å². The van der Waals surface area contributed by atoms with E-state index in [0.29, 0.717) is 5.92 Å². The number of likely N-dealkylation sites (N-methyl/N-ethyl adjacent to an activating group) is 1. The zero-order chi connectivity index (χ0) is 18.4. The van der Waals surface area contributed by atoms with Crippen LogP contribution in [-0.4, -0.2) is 38.3 Å². The molecule has 0 radical (unpaired) electrons. The van der Waals surface area contributed by atoms with Crippen LogP contribution in [0.3, 0.4) is 0 Å². The lowest BCUT2D eigenvalue weighted by molar-refractivity contribution is 0.182. The summed E-state index contributed by atoms with van der Waals surface area (Å²) in [6, 6.07) is 0.251. The summed E-state index contributed by atoms with van der Waals surface area (Å²) in [7, 11) is 5.66. The molecule has 0 aromatic heterocycles. The number of nitrogens with one attached hydrogen (secondary N) is 3. The maximum Gasteiger partial charge on any atom is 0.114 e. The van der Waals surface area contributed by atoms with Gasteiger partial charge in [-0.15, -0.1) is 0 Å². The SMILES string of the molecule is CNNC(C1=CC(C(C)C)=CNC=C1N)N(C)C1C=CC(OC)=CC1. The summed E-state index contributed by atoms with van der Waals surface area (Å²) in [5.41, 5.74) is 15.7. The molecule has 2 rings (SSSR count). The van der Waals surface area contributed by atoms with E-state index >= 15 is 0 Å². The minimum atomic E-state index is -0.0737. The minimum absolute atomic E-state index is 0.0737. The molecular formula is C19H31N5O. The molecule has 0 aromatic rings. The molecule has 0 bridgehead atoms. The maximum atomic E-state index is 6.34. The topological polar surface area (TPSA) is 74.6 Å². The van der Waals surface area contributed by atoms with E-state index in [-0.39, 0.29) is 12.2 Å². The molecule has 6 heteroatoms. The molecule has 0 aromatic carbocycles. The van der Waals surface area contributed by atoms with Crippen LogP contribution in [-0.2, 0) is 4.74 Å². The van der Waals surface area contributed by atoms with Crippen molar-refractivity contribution in [3.8, 4) is 0 Å². The van der Waals surface area contributed by atoms with Crippen molar-refractivity contribution in [1.29, 1.82) is 0 Å². The van der Waals surface area contributed by atoms with Gasteiger partial charge >= 0.3 is 0 Å². The first kappa shape index (κ1) is 19.3.